The third kappa shape index (κ3) is 3.29. The highest BCUT2D eigenvalue weighted by atomic mass is 19.1. The van der Waals surface area contributed by atoms with E-state index >= 15 is 0 Å². The second-order valence-corrected chi connectivity index (χ2v) is 6.72. The molecule has 2 saturated heterocycles. The number of nitrogens with zero attached hydrogens (tertiary/aromatic N) is 3. The van der Waals surface area contributed by atoms with Crippen LogP contribution in [0.25, 0.3) is 0 Å². The Morgan fingerprint density at radius 3 is 2.92 bits per heavy atom. The molecule has 4 rings (SSSR count). The molecule has 2 N–H and O–H groups in total. The largest absolute Gasteiger partial charge is 0.338 e. The van der Waals surface area contributed by atoms with Crippen molar-refractivity contribution in [3.05, 3.63) is 54.1 Å². The van der Waals surface area contributed by atoms with Gasteiger partial charge in [0, 0.05) is 25.5 Å². The van der Waals surface area contributed by atoms with Gasteiger partial charge >= 0.3 is 0 Å². The number of carbonyl (C=O) groups is 1. The number of amides is 1. The summed E-state index contributed by atoms with van der Waals surface area (Å²) in [6.45, 7) is 2.09. The minimum Gasteiger partial charge on any atom is -0.338 e. The lowest BCUT2D eigenvalue weighted by molar-refractivity contribution is -0.136. The lowest BCUT2D eigenvalue weighted by Gasteiger charge is -2.29. The average Bonchev–Trinajstić information content (AvgIpc) is 3.37. The molecule has 1 amide bonds. The molecule has 0 aliphatic carbocycles. The van der Waals surface area contributed by atoms with Crippen LogP contribution in [0.1, 0.15) is 24.4 Å². The van der Waals surface area contributed by atoms with E-state index in [0.717, 1.165) is 31.5 Å². The molecule has 3 unspecified atom stereocenters. The minimum atomic E-state index is -0.267. The van der Waals surface area contributed by atoms with E-state index in [9.17, 15) is 9.18 Å². The first-order valence-corrected chi connectivity index (χ1v) is 8.74. The molecule has 25 heavy (non-hydrogen) atoms. The highest BCUT2D eigenvalue weighted by molar-refractivity contribution is 5.81. The molecule has 0 radical (unpaired) electrons. The zero-order chi connectivity index (χ0) is 17.2. The SMILES string of the molecule is O=C(C1CNNC1c1ccc(F)cc1)N1CCCC1Cn1cccn1. The Morgan fingerprint density at radius 1 is 1.32 bits per heavy atom. The van der Waals surface area contributed by atoms with E-state index < -0.39 is 0 Å². The molecule has 2 aliphatic heterocycles. The van der Waals surface area contributed by atoms with Crippen molar-refractivity contribution in [2.75, 3.05) is 13.1 Å². The Bertz CT molecular complexity index is 718. The summed E-state index contributed by atoms with van der Waals surface area (Å²) in [4.78, 5) is 15.2. The van der Waals surface area contributed by atoms with Gasteiger partial charge in [-0.2, -0.15) is 5.10 Å². The molecule has 0 bridgehead atoms. The van der Waals surface area contributed by atoms with Gasteiger partial charge in [0.25, 0.3) is 0 Å². The first-order valence-electron chi connectivity index (χ1n) is 8.74. The first kappa shape index (κ1) is 16.2. The summed E-state index contributed by atoms with van der Waals surface area (Å²) in [5.41, 5.74) is 7.18. The summed E-state index contributed by atoms with van der Waals surface area (Å²) in [6, 6.07) is 8.30. The fraction of sp³-hybridized carbons (Fsp3) is 0.444. The number of rotatable bonds is 4. The molecule has 0 spiro atoms. The van der Waals surface area contributed by atoms with Gasteiger partial charge in [0.1, 0.15) is 5.82 Å². The highest BCUT2D eigenvalue weighted by Crippen LogP contribution is 2.30. The molecule has 0 saturated carbocycles. The van der Waals surface area contributed by atoms with Gasteiger partial charge < -0.3 is 4.90 Å². The summed E-state index contributed by atoms with van der Waals surface area (Å²) in [5, 5.41) is 4.26. The predicted molar refractivity (Wildman–Crippen MR) is 90.7 cm³/mol. The summed E-state index contributed by atoms with van der Waals surface area (Å²) in [5.74, 6) is -0.304. The van der Waals surface area contributed by atoms with Crippen LogP contribution in [0.4, 0.5) is 4.39 Å². The van der Waals surface area contributed by atoms with Crippen LogP contribution >= 0.6 is 0 Å². The number of aromatic nitrogens is 2. The Balaban J connectivity index is 1.49. The van der Waals surface area contributed by atoms with Crippen LogP contribution in [0.15, 0.2) is 42.7 Å². The van der Waals surface area contributed by atoms with E-state index in [4.69, 9.17) is 0 Å². The molecule has 2 aliphatic rings. The Morgan fingerprint density at radius 2 is 2.16 bits per heavy atom. The van der Waals surface area contributed by atoms with Crippen molar-refractivity contribution in [1.29, 1.82) is 0 Å². The lowest BCUT2D eigenvalue weighted by Crippen LogP contribution is -2.43. The number of nitrogens with one attached hydrogen (secondary N) is 2. The molecule has 1 aromatic carbocycles. The van der Waals surface area contributed by atoms with Gasteiger partial charge in [-0.05, 0) is 36.6 Å². The third-order valence-electron chi connectivity index (χ3n) is 5.15. The maximum atomic E-state index is 13.2. The summed E-state index contributed by atoms with van der Waals surface area (Å²) in [6.07, 6.45) is 5.71. The molecular weight excluding hydrogens is 321 g/mol. The molecule has 2 fully saturated rings. The minimum absolute atomic E-state index is 0.140. The van der Waals surface area contributed by atoms with Gasteiger partial charge in [-0.1, -0.05) is 12.1 Å². The molecule has 3 atom stereocenters. The smallest absolute Gasteiger partial charge is 0.229 e. The van der Waals surface area contributed by atoms with Gasteiger partial charge in [0.2, 0.25) is 5.91 Å². The van der Waals surface area contributed by atoms with Crippen molar-refractivity contribution < 1.29 is 9.18 Å². The van der Waals surface area contributed by atoms with E-state index in [1.165, 1.54) is 12.1 Å². The Labute approximate surface area is 146 Å². The molecule has 2 aromatic rings. The van der Waals surface area contributed by atoms with Crippen molar-refractivity contribution in [2.45, 2.75) is 31.5 Å². The van der Waals surface area contributed by atoms with E-state index in [0.29, 0.717) is 6.54 Å². The van der Waals surface area contributed by atoms with Gasteiger partial charge in [-0.3, -0.25) is 14.9 Å². The summed E-state index contributed by atoms with van der Waals surface area (Å²) >= 11 is 0. The average molecular weight is 343 g/mol. The summed E-state index contributed by atoms with van der Waals surface area (Å²) in [7, 11) is 0. The number of halogens is 1. The van der Waals surface area contributed by atoms with Gasteiger partial charge in [-0.25, -0.2) is 9.82 Å². The van der Waals surface area contributed by atoms with Crippen LogP contribution in [-0.4, -0.2) is 39.7 Å². The van der Waals surface area contributed by atoms with Crippen LogP contribution in [0.5, 0.6) is 0 Å². The predicted octanol–water partition coefficient (Wildman–Crippen LogP) is 1.48. The van der Waals surface area contributed by atoms with Gasteiger partial charge in [-0.15, -0.1) is 0 Å². The second kappa shape index (κ2) is 6.93. The number of hydrogen-bond donors (Lipinski definition) is 2. The lowest BCUT2D eigenvalue weighted by atomic mass is 9.93. The zero-order valence-corrected chi connectivity index (χ0v) is 13.9. The van der Waals surface area contributed by atoms with Crippen LogP contribution in [0, 0.1) is 11.7 Å². The first-order chi connectivity index (χ1) is 12.2. The van der Waals surface area contributed by atoms with Crippen LogP contribution in [0.3, 0.4) is 0 Å². The van der Waals surface area contributed by atoms with Crippen LogP contribution < -0.4 is 10.9 Å². The topological polar surface area (TPSA) is 62.2 Å². The zero-order valence-electron chi connectivity index (χ0n) is 13.9. The molecule has 1 aromatic heterocycles. The molecule has 7 heteroatoms. The van der Waals surface area contributed by atoms with E-state index in [1.54, 1.807) is 18.3 Å². The number of benzene rings is 1. The van der Waals surface area contributed by atoms with Crippen molar-refractivity contribution in [2.24, 2.45) is 5.92 Å². The van der Waals surface area contributed by atoms with E-state index in [1.807, 2.05) is 21.8 Å². The molecule has 6 nitrogen and oxygen atoms in total. The van der Waals surface area contributed by atoms with Crippen molar-refractivity contribution in [1.82, 2.24) is 25.5 Å². The third-order valence-corrected chi connectivity index (χ3v) is 5.15. The highest BCUT2D eigenvalue weighted by Gasteiger charge is 2.40. The number of hydrazine groups is 1. The number of hydrogen-bond acceptors (Lipinski definition) is 4. The van der Waals surface area contributed by atoms with Crippen molar-refractivity contribution in [3.63, 3.8) is 0 Å². The monoisotopic (exact) mass is 343 g/mol. The van der Waals surface area contributed by atoms with Crippen molar-refractivity contribution in [3.8, 4) is 0 Å². The fourth-order valence-electron chi connectivity index (χ4n) is 3.87. The Kier molecular flexibility index (Phi) is 4.50. The van der Waals surface area contributed by atoms with Gasteiger partial charge in [0.15, 0.2) is 0 Å². The fourth-order valence-corrected chi connectivity index (χ4v) is 3.87. The molecule has 132 valence electrons. The van der Waals surface area contributed by atoms with E-state index in [-0.39, 0.29) is 29.7 Å². The van der Waals surface area contributed by atoms with E-state index in [2.05, 4.69) is 16.0 Å². The van der Waals surface area contributed by atoms with Crippen molar-refractivity contribution >= 4 is 5.91 Å². The molecule has 3 heterocycles. The quantitative estimate of drug-likeness (QED) is 0.883. The number of likely N-dealkylation sites (tertiary alicyclic amines) is 1. The Hall–Kier alpha value is -2.25. The number of carbonyl (C=O) groups excluding carboxylic acids is 1. The maximum absolute atomic E-state index is 13.2. The van der Waals surface area contributed by atoms with Gasteiger partial charge in [0.05, 0.1) is 24.5 Å². The van der Waals surface area contributed by atoms with Crippen LogP contribution in [-0.2, 0) is 11.3 Å². The molecular formula is C18H22FN5O. The summed E-state index contributed by atoms with van der Waals surface area (Å²) < 4.78 is 15.1. The van der Waals surface area contributed by atoms with Crippen LogP contribution in [0.2, 0.25) is 0 Å². The normalized spacial score (nSPS) is 26.3. The standard InChI is InChI=1S/C18H22FN5O/c19-14-6-4-13(5-7-14)17-16(11-20-22-17)18(25)24-10-1-3-15(24)12-23-9-2-8-21-23/h2,4-9,15-17,20,22H,1,3,10-12H2. The maximum Gasteiger partial charge on any atom is 0.229 e. The second-order valence-electron chi connectivity index (χ2n) is 6.72.